The molecule has 138 valence electrons. The molecule has 2 aromatic carbocycles. The Labute approximate surface area is 160 Å². The lowest BCUT2D eigenvalue weighted by molar-refractivity contribution is 0.0703. The predicted octanol–water partition coefficient (Wildman–Crippen LogP) is 2.35. The molecule has 0 fully saturated rings. The highest BCUT2D eigenvalue weighted by Crippen LogP contribution is 2.21. The molecule has 0 unspecified atom stereocenters. The summed E-state index contributed by atoms with van der Waals surface area (Å²) in [5.41, 5.74) is 0.846. The van der Waals surface area contributed by atoms with Crippen LogP contribution in [-0.4, -0.2) is 38.8 Å². The average molecular weight is 385 g/mol. The summed E-state index contributed by atoms with van der Waals surface area (Å²) in [6.07, 6.45) is 0. The number of ether oxygens (including phenoxy) is 1. The number of halogens is 1. The number of rotatable bonds is 3. The zero-order chi connectivity index (χ0) is 19.0. The van der Waals surface area contributed by atoms with Gasteiger partial charge in [0.1, 0.15) is 5.75 Å². The molecule has 2 heterocycles. The number of benzene rings is 2. The largest absolute Gasteiger partial charge is 0.496 e. The summed E-state index contributed by atoms with van der Waals surface area (Å²) < 4.78 is 8.19. The van der Waals surface area contributed by atoms with Gasteiger partial charge in [-0.05, 0) is 30.3 Å². The lowest BCUT2D eigenvalue weighted by Crippen LogP contribution is -2.41. The van der Waals surface area contributed by atoms with E-state index in [0.717, 1.165) is 0 Å². The SMILES string of the molecule is COc1ccccc1C(=O)N1CCn2c(nn(-c3cccc(Cl)c3)c2=O)C1. The van der Waals surface area contributed by atoms with Gasteiger partial charge in [0, 0.05) is 18.1 Å². The number of hydrogen-bond acceptors (Lipinski definition) is 4. The van der Waals surface area contributed by atoms with Crippen LogP contribution in [0.4, 0.5) is 0 Å². The van der Waals surface area contributed by atoms with Crippen LogP contribution < -0.4 is 10.4 Å². The molecule has 0 N–H and O–H groups in total. The minimum Gasteiger partial charge on any atom is -0.496 e. The maximum Gasteiger partial charge on any atom is 0.350 e. The molecule has 1 aliphatic heterocycles. The fraction of sp³-hybridized carbons (Fsp3) is 0.211. The van der Waals surface area contributed by atoms with Crippen LogP contribution in [0.1, 0.15) is 16.2 Å². The van der Waals surface area contributed by atoms with E-state index in [-0.39, 0.29) is 18.1 Å². The number of carbonyl (C=O) groups excluding carboxylic acids is 1. The first-order valence-electron chi connectivity index (χ1n) is 8.45. The van der Waals surface area contributed by atoms with E-state index in [1.165, 1.54) is 11.8 Å². The van der Waals surface area contributed by atoms with E-state index in [0.29, 0.717) is 40.9 Å². The third kappa shape index (κ3) is 3.10. The Balaban J connectivity index is 1.65. The standard InChI is InChI=1S/C19H17ClN4O3/c1-27-16-8-3-2-7-15(16)18(25)22-9-10-23-17(12-22)21-24(19(23)26)14-6-4-5-13(20)11-14/h2-8,11H,9-10,12H2,1H3. The van der Waals surface area contributed by atoms with Crippen LogP contribution in [0.3, 0.4) is 0 Å². The van der Waals surface area contributed by atoms with Crippen molar-refractivity contribution in [2.75, 3.05) is 13.7 Å². The molecule has 0 bridgehead atoms. The van der Waals surface area contributed by atoms with E-state index < -0.39 is 0 Å². The zero-order valence-corrected chi connectivity index (χ0v) is 15.4. The fourth-order valence-corrected chi connectivity index (χ4v) is 3.37. The van der Waals surface area contributed by atoms with Gasteiger partial charge >= 0.3 is 5.69 Å². The van der Waals surface area contributed by atoms with Gasteiger partial charge in [0.2, 0.25) is 0 Å². The highest BCUT2D eigenvalue weighted by atomic mass is 35.5. The molecule has 7 nitrogen and oxygen atoms in total. The molecule has 1 aliphatic rings. The number of aromatic nitrogens is 3. The summed E-state index contributed by atoms with van der Waals surface area (Å²) in [6, 6.07) is 14.0. The van der Waals surface area contributed by atoms with Crippen molar-refractivity contribution in [3.8, 4) is 11.4 Å². The molecular weight excluding hydrogens is 368 g/mol. The Kier molecular flexibility index (Phi) is 4.45. The second-order valence-corrected chi connectivity index (χ2v) is 6.61. The number of nitrogens with zero attached hydrogens (tertiary/aromatic N) is 4. The first-order valence-corrected chi connectivity index (χ1v) is 8.83. The number of fused-ring (bicyclic) bond motifs is 1. The van der Waals surface area contributed by atoms with Gasteiger partial charge < -0.3 is 9.64 Å². The van der Waals surface area contributed by atoms with Gasteiger partial charge in [-0.3, -0.25) is 9.36 Å². The number of hydrogen-bond donors (Lipinski definition) is 0. The van der Waals surface area contributed by atoms with Gasteiger partial charge in [0.05, 0.1) is 24.9 Å². The molecule has 0 spiro atoms. The Morgan fingerprint density at radius 2 is 1.96 bits per heavy atom. The molecule has 0 atom stereocenters. The van der Waals surface area contributed by atoms with Crippen LogP contribution in [0.25, 0.3) is 5.69 Å². The first kappa shape index (κ1) is 17.4. The Morgan fingerprint density at radius 3 is 2.74 bits per heavy atom. The Bertz CT molecular complexity index is 1070. The van der Waals surface area contributed by atoms with E-state index in [1.54, 1.807) is 51.9 Å². The quantitative estimate of drug-likeness (QED) is 0.695. The molecule has 0 aliphatic carbocycles. The van der Waals surface area contributed by atoms with Crippen molar-refractivity contribution in [1.29, 1.82) is 0 Å². The number of carbonyl (C=O) groups is 1. The van der Waals surface area contributed by atoms with E-state index >= 15 is 0 Å². The van der Waals surface area contributed by atoms with Gasteiger partial charge in [-0.2, -0.15) is 4.68 Å². The molecule has 1 amide bonds. The summed E-state index contributed by atoms with van der Waals surface area (Å²) in [6.45, 7) is 1.06. The van der Waals surface area contributed by atoms with Crippen molar-refractivity contribution < 1.29 is 9.53 Å². The van der Waals surface area contributed by atoms with Crippen molar-refractivity contribution in [3.05, 3.63) is 75.4 Å². The van der Waals surface area contributed by atoms with E-state index in [1.807, 2.05) is 6.07 Å². The second kappa shape index (κ2) is 6.92. The van der Waals surface area contributed by atoms with Gasteiger partial charge in [0.25, 0.3) is 5.91 Å². The lowest BCUT2D eigenvalue weighted by Gasteiger charge is -2.27. The van der Waals surface area contributed by atoms with E-state index in [2.05, 4.69) is 5.10 Å². The zero-order valence-electron chi connectivity index (χ0n) is 14.6. The van der Waals surface area contributed by atoms with Crippen molar-refractivity contribution in [3.63, 3.8) is 0 Å². The van der Waals surface area contributed by atoms with Gasteiger partial charge in [-0.1, -0.05) is 29.8 Å². The molecule has 4 rings (SSSR count). The molecule has 3 aromatic rings. The molecule has 1 aromatic heterocycles. The molecule has 0 saturated carbocycles. The van der Waals surface area contributed by atoms with E-state index in [9.17, 15) is 9.59 Å². The highest BCUT2D eigenvalue weighted by Gasteiger charge is 2.27. The minimum absolute atomic E-state index is 0.150. The highest BCUT2D eigenvalue weighted by molar-refractivity contribution is 6.30. The monoisotopic (exact) mass is 384 g/mol. The minimum atomic E-state index is -0.239. The summed E-state index contributed by atoms with van der Waals surface area (Å²) >= 11 is 6.02. The molecular formula is C19H17ClN4O3. The van der Waals surface area contributed by atoms with E-state index in [4.69, 9.17) is 16.3 Å². The second-order valence-electron chi connectivity index (χ2n) is 6.17. The van der Waals surface area contributed by atoms with Crippen LogP contribution >= 0.6 is 11.6 Å². The number of para-hydroxylation sites is 1. The Hall–Kier alpha value is -3.06. The summed E-state index contributed by atoms with van der Waals surface area (Å²) in [5.74, 6) is 0.910. The molecule has 27 heavy (non-hydrogen) atoms. The van der Waals surface area contributed by atoms with Gasteiger partial charge in [-0.25, -0.2) is 4.79 Å². The fourth-order valence-electron chi connectivity index (χ4n) is 3.19. The number of amides is 1. The van der Waals surface area contributed by atoms with Crippen molar-refractivity contribution >= 4 is 17.5 Å². The van der Waals surface area contributed by atoms with Gasteiger partial charge in [-0.15, -0.1) is 5.10 Å². The van der Waals surface area contributed by atoms with Crippen molar-refractivity contribution in [1.82, 2.24) is 19.2 Å². The van der Waals surface area contributed by atoms with Crippen molar-refractivity contribution in [2.45, 2.75) is 13.1 Å². The third-order valence-electron chi connectivity index (χ3n) is 4.54. The van der Waals surface area contributed by atoms with Crippen LogP contribution in [-0.2, 0) is 13.1 Å². The summed E-state index contributed by atoms with van der Waals surface area (Å²) in [7, 11) is 1.53. The van der Waals surface area contributed by atoms with Gasteiger partial charge in [0.15, 0.2) is 5.82 Å². The van der Waals surface area contributed by atoms with Crippen LogP contribution in [0.15, 0.2) is 53.3 Å². The third-order valence-corrected chi connectivity index (χ3v) is 4.78. The Morgan fingerprint density at radius 1 is 1.15 bits per heavy atom. The predicted molar refractivity (Wildman–Crippen MR) is 101 cm³/mol. The molecule has 0 radical (unpaired) electrons. The normalized spacial score (nSPS) is 13.3. The summed E-state index contributed by atoms with van der Waals surface area (Å²) in [5, 5.41) is 4.94. The topological polar surface area (TPSA) is 69.4 Å². The maximum absolute atomic E-state index is 12.9. The maximum atomic E-state index is 12.9. The number of methoxy groups -OCH3 is 1. The summed E-state index contributed by atoms with van der Waals surface area (Å²) in [4.78, 5) is 27.2. The smallest absolute Gasteiger partial charge is 0.350 e. The van der Waals surface area contributed by atoms with Crippen LogP contribution in [0, 0.1) is 0 Å². The van der Waals surface area contributed by atoms with Crippen molar-refractivity contribution in [2.24, 2.45) is 0 Å². The van der Waals surface area contributed by atoms with Crippen LogP contribution in [0.5, 0.6) is 5.75 Å². The first-order chi connectivity index (χ1) is 13.1. The van der Waals surface area contributed by atoms with Crippen LogP contribution in [0.2, 0.25) is 5.02 Å². The average Bonchev–Trinajstić information content (AvgIpc) is 3.03. The molecule has 0 saturated heterocycles. The molecule has 8 heteroatoms. The lowest BCUT2D eigenvalue weighted by atomic mass is 10.1.